The van der Waals surface area contributed by atoms with Gasteiger partial charge in [-0.3, -0.25) is 4.79 Å². The van der Waals surface area contributed by atoms with Crippen LogP contribution in [0.15, 0.2) is 77.6 Å². The van der Waals surface area contributed by atoms with Crippen LogP contribution in [-0.4, -0.2) is 19.2 Å². The molecule has 2 heterocycles. The van der Waals surface area contributed by atoms with Gasteiger partial charge < -0.3 is 5.32 Å². The van der Waals surface area contributed by atoms with Crippen molar-refractivity contribution in [3.8, 4) is 5.69 Å². The Morgan fingerprint density at radius 3 is 2.41 bits per heavy atom. The number of para-hydroxylation sites is 1. The minimum Gasteiger partial charge on any atom is -0.324 e. The number of benzene rings is 3. The number of anilines is 2. The highest BCUT2D eigenvalue weighted by Crippen LogP contribution is 2.24. The molecule has 0 saturated carbocycles. The van der Waals surface area contributed by atoms with E-state index in [-0.39, 0.29) is 5.56 Å². The van der Waals surface area contributed by atoms with Gasteiger partial charge in [-0.1, -0.05) is 41.4 Å². The van der Waals surface area contributed by atoms with Crippen molar-refractivity contribution >= 4 is 39.9 Å². The van der Waals surface area contributed by atoms with Crippen molar-refractivity contribution in [2.24, 2.45) is 0 Å². The van der Waals surface area contributed by atoms with Crippen molar-refractivity contribution in [1.29, 1.82) is 0 Å². The lowest BCUT2D eigenvalue weighted by Gasteiger charge is -2.10. The van der Waals surface area contributed by atoms with Gasteiger partial charge in [0.2, 0.25) is 11.7 Å². The minimum atomic E-state index is -0.217. The van der Waals surface area contributed by atoms with E-state index in [9.17, 15) is 4.79 Å². The van der Waals surface area contributed by atoms with Gasteiger partial charge in [0.25, 0.3) is 5.56 Å². The summed E-state index contributed by atoms with van der Waals surface area (Å²) in [6, 6.07) is 22.5. The molecule has 6 nitrogen and oxygen atoms in total. The number of hydrogen-bond donors (Lipinski definition) is 1. The first-order chi connectivity index (χ1) is 14.1. The first-order valence-electron chi connectivity index (χ1n) is 9.10. The van der Waals surface area contributed by atoms with Crippen LogP contribution < -0.4 is 10.9 Å². The number of hydrogen-bond acceptors (Lipinski definition) is 4. The second kappa shape index (κ2) is 6.76. The van der Waals surface area contributed by atoms with E-state index in [4.69, 9.17) is 16.6 Å². The molecule has 0 unspecified atom stereocenters. The third-order valence-electron chi connectivity index (χ3n) is 4.74. The molecule has 0 spiro atoms. The SMILES string of the molecule is Cc1ccc(Nc2nn3c(=O)c4ccccc4nc3n2-c2ccc(Cl)cc2)cc1. The maximum atomic E-state index is 13.0. The molecule has 0 aliphatic rings. The molecule has 0 bridgehead atoms. The predicted molar refractivity (Wildman–Crippen MR) is 116 cm³/mol. The minimum absolute atomic E-state index is 0.217. The normalized spacial score (nSPS) is 11.2. The Bertz CT molecular complexity index is 1400. The van der Waals surface area contributed by atoms with Gasteiger partial charge in [-0.25, -0.2) is 9.55 Å². The lowest BCUT2D eigenvalue weighted by atomic mass is 10.2. The first-order valence-corrected chi connectivity index (χ1v) is 9.48. The molecule has 142 valence electrons. The van der Waals surface area contributed by atoms with Crippen molar-refractivity contribution in [3.63, 3.8) is 0 Å². The molecule has 7 heteroatoms. The molecule has 29 heavy (non-hydrogen) atoms. The fraction of sp³-hybridized carbons (Fsp3) is 0.0455. The van der Waals surface area contributed by atoms with E-state index in [1.54, 1.807) is 18.2 Å². The maximum Gasteiger partial charge on any atom is 0.283 e. The van der Waals surface area contributed by atoms with E-state index >= 15 is 0 Å². The smallest absolute Gasteiger partial charge is 0.283 e. The molecule has 0 fully saturated rings. The lowest BCUT2D eigenvalue weighted by molar-refractivity contribution is 0.917. The summed E-state index contributed by atoms with van der Waals surface area (Å²) >= 11 is 6.07. The molecule has 0 amide bonds. The summed E-state index contributed by atoms with van der Waals surface area (Å²) < 4.78 is 3.14. The number of fused-ring (bicyclic) bond motifs is 2. The topological polar surface area (TPSA) is 64.2 Å². The molecule has 0 aliphatic heterocycles. The van der Waals surface area contributed by atoms with Crippen LogP contribution in [0.1, 0.15) is 5.56 Å². The molecule has 0 atom stereocenters. The molecule has 2 aromatic heterocycles. The average molecular weight is 402 g/mol. The Morgan fingerprint density at radius 1 is 0.931 bits per heavy atom. The number of halogens is 1. The summed E-state index contributed by atoms with van der Waals surface area (Å²) in [5, 5.41) is 8.99. The summed E-state index contributed by atoms with van der Waals surface area (Å²) in [5.74, 6) is 0.904. The number of aryl methyl sites for hydroxylation is 1. The quantitative estimate of drug-likeness (QED) is 0.474. The van der Waals surface area contributed by atoms with Crippen LogP contribution >= 0.6 is 11.6 Å². The van der Waals surface area contributed by atoms with Gasteiger partial charge in [-0.2, -0.15) is 4.52 Å². The Hall–Kier alpha value is -3.64. The number of rotatable bonds is 3. The van der Waals surface area contributed by atoms with Crippen molar-refractivity contribution in [2.45, 2.75) is 6.92 Å². The zero-order valence-electron chi connectivity index (χ0n) is 15.5. The first kappa shape index (κ1) is 17.5. The van der Waals surface area contributed by atoms with Crippen LogP contribution in [0.25, 0.3) is 22.4 Å². The predicted octanol–water partition coefficient (Wildman–Crippen LogP) is 4.74. The fourth-order valence-electron chi connectivity index (χ4n) is 3.26. The molecule has 5 aromatic rings. The van der Waals surface area contributed by atoms with Gasteiger partial charge in [0.05, 0.1) is 16.6 Å². The number of aromatic nitrogens is 4. The Morgan fingerprint density at radius 2 is 1.66 bits per heavy atom. The highest BCUT2D eigenvalue weighted by Gasteiger charge is 2.17. The zero-order valence-corrected chi connectivity index (χ0v) is 16.3. The zero-order chi connectivity index (χ0) is 20.0. The van der Waals surface area contributed by atoms with E-state index in [1.165, 1.54) is 4.52 Å². The summed E-state index contributed by atoms with van der Waals surface area (Å²) in [4.78, 5) is 17.7. The monoisotopic (exact) mass is 401 g/mol. The number of nitrogens with one attached hydrogen (secondary N) is 1. The summed E-state index contributed by atoms with van der Waals surface area (Å²) in [6.07, 6.45) is 0. The third-order valence-corrected chi connectivity index (χ3v) is 4.99. The second-order valence-corrected chi connectivity index (χ2v) is 7.21. The van der Waals surface area contributed by atoms with Gasteiger partial charge >= 0.3 is 0 Å². The Kier molecular flexibility index (Phi) is 4.07. The van der Waals surface area contributed by atoms with Crippen LogP contribution in [-0.2, 0) is 0 Å². The highest BCUT2D eigenvalue weighted by molar-refractivity contribution is 6.30. The summed E-state index contributed by atoms with van der Waals surface area (Å²) in [6.45, 7) is 2.03. The van der Waals surface area contributed by atoms with Gasteiger partial charge in [-0.15, -0.1) is 5.10 Å². The highest BCUT2D eigenvalue weighted by atomic mass is 35.5. The molecule has 0 saturated heterocycles. The third kappa shape index (κ3) is 3.03. The fourth-order valence-corrected chi connectivity index (χ4v) is 3.38. The van der Waals surface area contributed by atoms with E-state index in [0.717, 1.165) is 16.9 Å². The van der Waals surface area contributed by atoms with Gasteiger partial charge in [0.15, 0.2) is 0 Å². The van der Waals surface area contributed by atoms with Gasteiger partial charge in [-0.05, 0) is 55.5 Å². The van der Waals surface area contributed by atoms with E-state index in [0.29, 0.717) is 27.7 Å². The van der Waals surface area contributed by atoms with Crippen molar-refractivity contribution in [3.05, 3.63) is 93.7 Å². The van der Waals surface area contributed by atoms with E-state index in [2.05, 4.69) is 10.4 Å². The lowest BCUT2D eigenvalue weighted by Crippen LogP contribution is -2.16. The molecule has 3 aromatic carbocycles. The maximum absolute atomic E-state index is 13.0. The van der Waals surface area contributed by atoms with Crippen LogP contribution in [0.5, 0.6) is 0 Å². The van der Waals surface area contributed by atoms with Crippen molar-refractivity contribution in [2.75, 3.05) is 5.32 Å². The van der Waals surface area contributed by atoms with Crippen LogP contribution in [0.2, 0.25) is 5.02 Å². The number of nitrogens with zero attached hydrogens (tertiary/aromatic N) is 4. The second-order valence-electron chi connectivity index (χ2n) is 6.77. The Labute approximate surface area is 171 Å². The van der Waals surface area contributed by atoms with Gasteiger partial charge in [0, 0.05) is 10.7 Å². The molecule has 5 rings (SSSR count). The van der Waals surface area contributed by atoms with Crippen LogP contribution in [0.3, 0.4) is 0 Å². The Balaban J connectivity index is 1.80. The molecule has 0 radical (unpaired) electrons. The van der Waals surface area contributed by atoms with Crippen molar-refractivity contribution < 1.29 is 0 Å². The van der Waals surface area contributed by atoms with Crippen molar-refractivity contribution in [1.82, 2.24) is 19.2 Å². The van der Waals surface area contributed by atoms with Crippen LogP contribution in [0, 0.1) is 6.92 Å². The summed E-state index contributed by atoms with van der Waals surface area (Å²) in [7, 11) is 0. The average Bonchev–Trinajstić information content (AvgIpc) is 3.09. The summed E-state index contributed by atoms with van der Waals surface area (Å²) in [5.41, 5.74) is 3.21. The molecule has 1 N–H and O–H groups in total. The molecule has 0 aliphatic carbocycles. The largest absolute Gasteiger partial charge is 0.324 e. The van der Waals surface area contributed by atoms with E-state index in [1.807, 2.05) is 66.1 Å². The van der Waals surface area contributed by atoms with E-state index < -0.39 is 0 Å². The van der Waals surface area contributed by atoms with Gasteiger partial charge in [0.1, 0.15) is 0 Å². The molecular weight excluding hydrogens is 386 g/mol. The standard InChI is InChI=1S/C22H16ClN5O/c1-14-6-10-16(11-7-14)24-21-26-28-20(29)18-4-2-3-5-19(18)25-22(28)27(21)17-12-8-15(23)9-13-17/h2-13H,1H3,(H,24,26). The molecular formula is C22H16ClN5O. The van der Waals surface area contributed by atoms with Crippen LogP contribution in [0.4, 0.5) is 11.6 Å².